The van der Waals surface area contributed by atoms with Crippen molar-refractivity contribution in [3.8, 4) is 5.75 Å². The highest BCUT2D eigenvalue weighted by Crippen LogP contribution is 2.36. The molecule has 0 aliphatic carbocycles. The number of fused-ring (bicyclic) bond motifs is 1. The molecule has 0 fully saturated rings. The van der Waals surface area contributed by atoms with Gasteiger partial charge in [-0.1, -0.05) is 17.7 Å². The molecule has 0 bridgehead atoms. The third-order valence-corrected chi connectivity index (χ3v) is 2.74. The van der Waals surface area contributed by atoms with Crippen LogP contribution in [0.25, 0.3) is 0 Å². The zero-order valence-electron chi connectivity index (χ0n) is 8.84. The van der Waals surface area contributed by atoms with Crippen molar-refractivity contribution in [3.05, 3.63) is 28.3 Å². The molecule has 1 aliphatic rings. The van der Waals surface area contributed by atoms with E-state index in [0.29, 0.717) is 11.4 Å². The van der Waals surface area contributed by atoms with Gasteiger partial charge < -0.3 is 4.74 Å². The van der Waals surface area contributed by atoms with Gasteiger partial charge in [0.05, 0.1) is 5.02 Å². The first-order valence-electron chi connectivity index (χ1n) is 5.03. The van der Waals surface area contributed by atoms with Gasteiger partial charge in [-0.3, -0.25) is 4.79 Å². The van der Waals surface area contributed by atoms with Crippen LogP contribution in [0, 0.1) is 0 Å². The molecule has 80 valence electrons. The van der Waals surface area contributed by atoms with Crippen LogP contribution in [0.15, 0.2) is 12.1 Å². The van der Waals surface area contributed by atoms with Crippen molar-refractivity contribution in [1.82, 2.24) is 0 Å². The van der Waals surface area contributed by atoms with Crippen molar-refractivity contribution in [2.24, 2.45) is 0 Å². The maximum atomic E-state index is 11.0. The van der Waals surface area contributed by atoms with Crippen LogP contribution >= 0.6 is 11.6 Å². The average molecular weight is 225 g/mol. The van der Waals surface area contributed by atoms with Crippen molar-refractivity contribution >= 4 is 17.4 Å². The van der Waals surface area contributed by atoms with Crippen molar-refractivity contribution in [2.45, 2.75) is 32.8 Å². The fraction of sp³-hybridized carbons (Fsp3) is 0.417. The third kappa shape index (κ3) is 2.15. The zero-order valence-corrected chi connectivity index (χ0v) is 9.60. The average Bonchev–Trinajstić information content (AvgIpc) is 2.44. The number of Topliss-reactive ketones (excluding diaryl/α,β-unsaturated/α-hetero) is 1. The second kappa shape index (κ2) is 3.86. The molecule has 1 atom stereocenters. The Morgan fingerprint density at radius 3 is 3.00 bits per heavy atom. The topological polar surface area (TPSA) is 26.3 Å². The van der Waals surface area contributed by atoms with Crippen LogP contribution in [0.5, 0.6) is 5.75 Å². The molecule has 1 heterocycles. The van der Waals surface area contributed by atoms with E-state index in [2.05, 4.69) is 0 Å². The lowest BCUT2D eigenvalue weighted by Crippen LogP contribution is -2.05. The molecular weight excluding hydrogens is 212 g/mol. The quantitative estimate of drug-likeness (QED) is 0.772. The molecule has 0 saturated heterocycles. The minimum absolute atomic E-state index is 0.151. The maximum absolute atomic E-state index is 11.0. The molecule has 1 unspecified atom stereocenters. The van der Waals surface area contributed by atoms with Crippen LogP contribution in [-0.2, 0) is 17.6 Å². The summed E-state index contributed by atoms with van der Waals surface area (Å²) in [4.78, 5) is 11.0. The van der Waals surface area contributed by atoms with Gasteiger partial charge in [0.1, 0.15) is 17.6 Å². The number of rotatable bonds is 2. The van der Waals surface area contributed by atoms with Crippen molar-refractivity contribution in [2.75, 3.05) is 0 Å². The number of ether oxygens (including phenoxy) is 1. The fourth-order valence-corrected chi connectivity index (χ4v) is 2.24. The first-order chi connectivity index (χ1) is 7.06. The molecule has 2 nitrogen and oxygen atoms in total. The molecule has 1 aromatic rings. The molecular formula is C12H13ClO2. The van der Waals surface area contributed by atoms with Crippen LogP contribution in [0.1, 0.15) is 25.0 Å². The van der Waals surface area contributed by atoms with Gasteiger partial charge in [-0.05, 0) is 31.0 Å². The Morgan fingerprint density at radius 1 is 1.60 bits per heavy atom. The van der Waals surface area contributed by atoms with Crippen LogP contribution in [0.3, 0.4) is 0 Å². The van der Waals surface area contributed by atoms with Crippen LogP contribution < -0.4 is 4.74 Å². The predicted octanol–water partition coefficient (Wildman–Crippen LogP) is 2.79. The van der Waals surface area contributed by atoms with Gasteiger partial charge in [-0.2, -0.15) is 0 Å². The number of ketones is 1. The molecule has 0 amide bonds. The molecule has 0 saturated carbocycles. The highest BCUT2D eigenvalue weighted by atomic mass is 35.5. The summed E-state index contributed by atoms with van der Waals surface area (Å²) in [6.45, 7) is 3.60. The smallest absolute Gasteiger partial charge is 0.141 e. The maximum Gasteiger partial charge on any atom is 0.141 e. The van der Waals surface area contributed by atoms with Gasteiger partial charge in [0, 0.05) is 12.8 Å². The van der Waals surface area contributed by atoms with Gasteiger partial charge >= 0.3 is 0 Å². The van der Waals surface area contributed by atoms with E-state index >= 15 is 0 Å². The second-order valence-electron chi connectivity index (χ2n) is 4.08. The molecule has 1 aromatic carbocycles. The summed E-state index contributed by atoms with van der Waals surface area (Å²) >= 11 is 6.09. The van der Waals surface area contributed by atoms with E-state index < -0.39 is 0 Å². The Hall–Kier alpha value is -1.02. The summed E-state index contributed by atoms with van der Waals surface area (Å²) in [6.07, 6.45) is 1.51. The van der Waals surface area contributed by atoms with Crippen molar-refractivity contribution < 1.29 is 9.53 Å². The van der Waals surface area contributed by atoms with Gasteiger partial charge in [0.15, 0.2) is 0 Å². The molecule has 0 aromatic heterocycles. The molecule has 0 radical (unpaired) electrons. The molecule has 0 N–H and O–H groups in total. The Bertz CT molecular complexity index is 412. The minimum atomic E-state index is 0.151. The molecule has 2 rings (SSSR count). The Morgan fingerprint density at radius 2 is 2.33 bits per heavy atom. The summed E-state index contributed by atoms with van der Waals surface area (Å²) in [7, 11) is 0. The minimum Gasteiger partial charge on any atom is -0.489 e. The normalized spacial score (nSPS) is 18.5. The fourth-order valence-electron chi connectivity index (χ4n) is 1.94. The number of hydrogen-bond acceptors (Lipinski definition) is 2. The SMILES string of the molecule is CC(=O)Cc1cc(Cl)c2c(c1)CC(C)O2. The van der Waals surface area contributed by atoms with E-state index in [0.717, 1.165) is 23.3 Å². The molecule has 15 heavy (non-hydrogen) atoms. The lowest BCUT2D eigenvalue weighted by Gasteiger charge is -2.06. The number of benzene rings is 1. The highest BCUT2D eigenvalue weighted by molar-refractivity contribution is 6.32. The van der Waals surface area contributed by atoms with Gasteiger partial charge in [0.2, 0.25) is 0 Å². The Kier molecular flexibility index (Phi) is 2.70. The molecule has 3 heteroatoms. The van der Waals surface area contributed by atoms with E-state index in [1.807, 2.05) is 19.1 Å². The van der Waals surface area contributed by atoms with Gasteiger partial charge in [0.25, 0.3) is 0 Å². The first-order valence-corrected chi connectivity index (χ1v) is 5.41. The van der Waals surface area contributed by atoms with Crippen molar-refractivity contribution in [3.63, 3.8) is 0 Å². The van der Waals surface area contributed by atoms with E-state index in [1.165, 1.54) is 0 Å². The largest absolute Gasteiger partial charge is 0.489 e. The summed E-state index contributed by atoms with van der Waals surface area (Å²) in [5, 5.41) is 0.619. The Labute approximate surface area is 94.2 Å². The third-order valence-electron chi connectivity index (χ3n) is 2.46. The lowest BCUT2D eigenvalue weighted by atomic mass is 10.0. The number of carbonyl (C=O) groups is 1. The van der Waals surface area contributed by atoms with E-state index in [-0.39, 0.29) is 11.9 Å². The summed E-state index contributed by atoms with van der Waals surface area (Å²) in [6, 6.07) is 3.84. The first kappa shape index (κ1) is 10.5. The zero-order chi connectivity index (χ0) is 11.0. The van der Waals surface area contributed by atoms with Crippen molar-refractivity contribution in [1.29, 1.82) is 0 Å². The highest BCUT2D eigenvalue weighted by Gasteiger charge is 2.22. The van der Waals surface area contributed by atoms with E-state index in [1.54, 1.807) is 6.92 Å². The Balaban J connectivity index is 2.35. The summed E-state index contributed by atoms with van der Waals surface area (Å²) in [5.41, 5.74) is 2.09. The lowest BCUT2D eigenvalue weighted by molar-refractivity contribution is -0.116. The summed E-state index contributed by atoms with van der Waals surface area (Å²) in [5.74, 6) is 0.939. The van der Waals surface area contributed by atoms with E-state index in [4.69, 9.17) is 16.3 Å². The second-order valence-corrected chi connectivity index (χ2v) is 4.48. The molecule has 0 spiro atoms. The van der Waals surface area contributed by atoms with Crippen LogP contribution in [0.2, 0.25) is 5.02 Å². The monoisotopic (exact) mass is 224 g/mol. The van der Waals surface area contributed by atoms with Gasteiger partial charge in [-0.15, -0.1) is 0 Å². The van der Waals surface area contributed by atoms with Gasteiger partial charge in [-0.25, -0.2) is 0 Å². The number of halogens is 1. The predicted molar refractivity (Wildman–Crippen MR) is 59.6 cm³/mol. The van der Waals surface area contributed by atoms with Crippen LogP contribution in [0.4, 0.5) is 0 Å². The summed E-state index contributed by atoms with van der Waals surface area (Å²) < 4.78 is 5.58. The van der Waals surface area contributed by atoms with Crippen LogP contribution in [-0.4, -0.2) is 11.9 Å². The van der Waals surface area contributed by atoms with E-state index in [9.17, 15) is 4.79 Å². The number of hydrogen-bond donors (Lipinski definition) is 0. The molecule has 1 aliphatic heterocycles. The number of carbonyl (C=O) groups excluding carboxylic acids is 1. The standard InChI is InChI=1S/C12H13ClO2/c1-7(14)3-9-5-10-4-8(2)15-12(10)11(13)6-9/h5-6,8H,3-4H2,1-2H3.